The van der Waals surface area contributed by atoms with E-state index in [4.69, 9.17) is 0 Å². The number of carbonyl (C=O) groups excluding carboxylic acids is 1. The third kappa shape index (κ3) is 7.83. The van der Waals surface area contributed by atoms with E-state index in [0.29, 0.717) is 12.3 Å². The van der Waals surface area contributed by atoms with E-state index in [-0.39, 0.29) is 11.3 Å². The normalized spacial score (nSPS) is 13.7. The highest BCUT2D eigenvalue weighted by Gasteiger charge is 2.22. The molecule has 1 unspecified atom stereocenters. The average molecular weight is 278 g/mol. The van der Waals surface area contributed by atoms with Crippen LogP contribution in [-0.2, 0) is 4.79 Å². The highest BCUT2D eigenvalue weighted by atomic mass is 79.9. The number of alkyl halides is 1. The van der Waals surface area contributed by atoms with E-state index < -0.39 is 0 Å². The number of nitrogens with one attached hydrogen (secondary N) is 1. The molecule has 1 amide bonds. The van der Waals surface area contributed by atoms with Gasteiger partial charge in [0.1, 0.15) is 0 Å². The number of hydrogen-bond acceptors (Lipinski definition) is 1. The van der Waals surface area contributed by atoms with Crippen LogP contribution in [0.3, 0.4) is 0 Å². The first-order valence-electron chi connectivity index (χ1n) is 5.70. The Morgan fingerprint density at radius 1 is 1.33 bits per heavy atom. The van der Waals surface area contributed by atoms with Gasteiger partial charge in [-0.2, -0.15) is 0 Å². The lowest BCUT2D eigenvalue weighted by Gasteiger charge is -2.26. The summed E-state index contributed by atoms with van der Waals surface area (Å²) in [5.41, 5.74) is 0.215. The molecule has 0 aromatic rings. The summed E-state index contributed by atoms with van der Waals surface area (Å²) in [6, 6.07) is 0. The molecule has 0 fully saturated rings. The third-order valence-electron chi connectivity index (χ3n) is 2.85. The fraction of sp³-hybridized carbons (Fsp3) is 0.917. The summed E-state index contributed by atoms with van der Waals surface area (Å²) in [7, 11) is 0. The van der Waals surface area contributed by atoms with Crippen LogP contribution >= 0.6 is 15.9 Å². The number of halogens is 1. The molecule has 1 N–H and O–H groups in total. The first-order valence-corrected chi connectivity index (χ1v) is 6.82. The van der Waals surface area contributed by atoms with E-state index in [1.807, 2.05) is 0 Å². The summed E-state index contributed by atoms with van der Waals surface area (Å²) >= 11 is 3.37. The zero-order valence-corrected chi connectivity index (χ0v) is 12.0. The van der Waals surface area contributed by atoms with E-state index in [0.717, 1.165) is 24.7 Å². The predicted molar refractivity (Wildman–Crippen MR) is 69.3 cm³/mol. The summed E-state index contributed by atoms with van der Waals surface area (Å²) < 4.78 is 0. The highest BCUT2D eigenvalue weighted by Crippen LogP contribution is 2.27. The summed E-state index contributed by atoms with van der Waals surface area (Å²) in [4.78, 5) is 11.5. The van der Waals surface area contributed by atoms with Crippen molar-refractivity contribution in [1.29, 1.82) is 0 Å². The van der Waals surface area contributed by atoms with Crippen molar-refractivity contribution in [1.82, 2.24) is 5.32 Å². The van der Waals surface area contributed by atoms with Crippen LogP contribution in [0.5, 0.6) is 0 Å². The van der Waals surface area contributed by atoms with Crippen molar-refractivity contribution < 1.29 is 4.79 Å². The Hall–Kier alpha value is -0.0500. The van der Waals surface area contributed by atoms with Crippen LogP contribution in [0.2, 0.25) is 0 Å². The fourth-order valence-corrected chi connectivity index (χ4v) is 1.50. The van der Waals surface area contributed by atoms with Gasteiger partial charge in [-0.1, -0.05) is 43.6 Å². The average Bonchev–Trinajstić information content (AvgIpc) is 2.11. The Balaban J connectivity index is 3.65. The highest BCUT2D eigenvalue weighted by molar-refractivity contribution is 9.09. The molecular formula is C12H24BrNO. The van der Waals surface area contributed by atoms with Gasteiger partial charge in [0.05, 0.1) is 0 Å². The summed E-state index contributed by atoms with van der Waals surface area (Å²) in [5.74, 6) is 0.612. The molecule has 0 heterocycles. The number of unbranched alkanes of at least 4 members (excludes halogenated alkanes) is 1. The molecule has 15 heavy (non-hydrogen) atoms. The Bertz CT molecular complexity index is 187. The van der Waals surface area contributed by atoms with Gasteiger partial charge < -0.3 is 5.32 Å². The zero-order valence-electron chi connectivity index (χ0n) is 10.4. The number of carbonyl (C=O) groups is 1. The number of amides is 1. The van der Waals surface area contributed by atoms with E-state index >= 15 is 0 Å². The molecular weight excluding hydrogens is 254 g/mol. The van der Waals surface area contributed by atoms with Crippen molar-refractivity contribution in [3.05, 3.63) is 0 Å². The smallest absolute Gasteiger partial charge is 0.220 e. The van der Waals surface area contributed by atoms with Crippen LogP contribution in [-0.4, -0.2) is 17.8 Å². The van der Waals surface area contributed by atoms with Crippen LogP contribution < -0.4 is 5.32 Å². The minimum absolute atomic E-state index is 0.187. The van der Waals surface area contributed by atoms with Crippen LogP contribution in [0.25, 0.3) is 0 Å². The van der Waals surface area contributed by atoms with E-state index in [1.165, 1.54) is 0 Å². The van der Waals surface area contributed by atoms with Gasteiger partial charge in [0, 0.05) is 18.3 Å². The maximum Gasteiger partial charge on any atom is 0.220 e. The number of hydrogen-bond donors (Lipinski definition) is 1. The number of rotatable bonds is 6. The Morgan fingerprint density at radius 2 is 1.93 bits per heavy atom. The molecule has 1 atom stereocenters. The van der Waals surface area contributed by atoms with Crippen LogP contribution in [0.1, 0.15) is 47.0 Å². The van der Waals surface area contributed by atoms with Gasteiger partial charge in [0.15, 0.2) is 0 Å². The predicted octanol–water partition coefficient (Wildman–Crippen LogP) is 3.35. The van der Waals surface area contributed by atoms with Crippen LogP contribution in [0, 0.1) is 11.3 Å². The first-order chi connectivity index (χ1) is 6.88. The SMILES string of the molecule is CC(CC(=O)NCCCCBr)C(C)(C)C. The molecule has 0 spiro atoms. The summed E-state index contributed by atoms with van der Waals surface area (Å²) in [6.45, 7) is 9.47. The molecule has 0 aromatic carbocycles. The van der Waals surface area contributed by atoms with Gasteiger partial charge in [-0.15, -0.1) is 0 Å². The Kier molecular flexibility index (Phi) is 7.24. The van der Waals surface area contributed by atoms with Gasteiger partial charge in [-0.05, 0) is 24.2 Å². The molecule has 0 saturated carbocycles. The third-order valence-corrected chi connectivity index (χ3v) is 3.41. The van der Waals surface area contributed by atoms with Crippen molar-refractivity contribution in [2.75, 3.05) is 11.9 Å². The second-order valence-electron chi connectivity index (χ2n) is 5.22. The maximum absolute atomic E-state index is 11.5. The molecule has 0 bridgehead atoms. The molecule has 0 rings (SSSR count). The maximum atomic E-state index is 11.5. The Labute approximate surface area is 102 Å². The van der Waals surface area contributed by atoms with E-state index in [9.17, 15) is 4.79 Å². The fourth-order valence-electron chi connectivity index (χ4n) is 1.10. The summed E-state index contributed by atoms with van der Waals surface area (Å²) in [6.07, 6.45) is 2.81. The van der Waals surface area contributed by atoms with Crippen molar-refractivity contribution in [3.63, 3.8) is 0 Å². The molecule has 0 aliphatic rings. The topological polar surface area (TPSA) is 29.1 Å². The van der Waals surface area contributed by atoms with Gasteiger partial charge in [0.2, 0.25) is 5.91 Å². The van der Waals surface area contributed by atoms with Crippen molar-refractivity contribution in [2.45, 2.75) is 47.0 Å². The second-order valence-corrected chi connectivity index (χ2v) is 6.01. The summed E-state index contributed by atoms with van der Waals surface area (Å²) in [5, 5.41) is 3.98. The molecule has 0 radical (unpaired) electrons. The van der Waals surface area contributed by atoms with Crippen molar-refractivity contribution >= 4 is 21.8 Å². The zero-order chi connectivity index (χ0) is 11.9. The lowest BCUT2D eigenvalue weighted by atomic mass is 9.80. The monoisotopic (exact) mass is 277 g/mol. The standard InChI is InChI=1S/C12H24BrNO/c1-10(12(2,3)4)9-11(15)14-8-6-5-7-13/h10H,5-9H2,1-4H3,(H,14,15). The second kappa shape index (κ2) is 7.26. The van der Waals surface area contributed by atoms with Crippen molar-refractivity contribution in [2.24, 2.45) is 11.3 Å². The lowest BCUT2D eigenvalue weighted by molar-refractivity contribution is -0.122. The Morgan fingerprint density at radius 3 is 2.40 bits per heavy atom. The molecule has 0 aliphatic heterocycles. The molecule has 3 heteroatoms. The molecule has 90 valence electrons. The van der Waals surface area contributed by atoms with Crippen LogP contribution in [0.4, 0.5) is 0 Å². The quantitative estimate of drug-likeness (QED) is 0.586. The van der Waals surface area contributed by atoms with Crippen LogP contribution in [0.15, 0.2) is 0 Å². The van der Waals surface area contributed by atoms with Gasteiger partial charge >= 0.3 is 0 Å². The van der Waals surface area contributed by atoms with Gasteiger partial charge in [0.25, 0.3) is 0 Å². The molecule has 0 aliphatic carbocycles. The van der Waals surface area contributed by atoms with E-state index in [2.05, 4.69) is 48.9 Å². The van der Waals surface area contributed by atoms with Crippen molar-refractivity contribution in [3.8, 4) is 0 Å². The van der Waals surface area contributed by atoms with E-state index in [1.54, 1.807) is 0 Å². The first kappa shape index (κ1) is 14.9. The lowest BCUT2D eigenvalue weighted by Crippen LogP contribution is -2.29. The minimum Gasteiger partial charge on any atom is -0.356 e. The largest absolute Gasteiger partial charge is 0.356 e. The van der Waals surface area contributed by atoms with Gasteiger partial charge in [-0.25, -0.2) is 0 Å². The molecule has 2 nitrogen and oxygen atoms in total. The minimum atomic E-state index is 0.187. The molecule has 0 aromatic heterocycles. The van der Waals surface area contributed by atoms with Gasteiger partial charge in [-0.3, -0.25) is 4.79 Å². The molecule has 0 saturated heterocycles.